The van der Waals surface area contributed by atoms with Crippen molar-refractivity contribution >= 4 is 39.5 Å². The summed E-state index contributed by atoms with van der Waals surface area (Å²) in [5.41, 5.74) is 1.88. The fourth-order valence-electron chi connectivity index (χ4n) is 3.51. The van der Waals surface area contributed by atoms with Crippen LogP contribution in [0.1, 0.15) is 47.1 Å². The van der Waals surface area contributed by atoms with Crippen LogP contribution in [-0.4, -0.2) is 44.1 Å². The van der Waals surface area contributed by atoms with Gasteiger partial charge in [0.2, 0.25) is 11.0 Å². The Kier molecular flexibility index (Phi) is 6.15. The number of carbonyl (C=O) groups excluding carboxylic acids is 1. The maximum Gasteiger partial charge on any atom is 0.228 e. The molecule has 29 heavy (non-hydrogen) atoms. The average Bonchev–Trinajstić information content (AvgIpc) is 3.36. The van der Waals surface area contributed by atoms with Crippen LogP contribution in [0.25, 0.3) is 0 Å². The Morgan fingerprint density at radius 2 is 2.21 bits per heavy atom. The first-order chi connectivity index (χ1) is 14.1. The molecule has 1 aliphatic heterocycles. The summed E-state index contributed by atoms with van der Waals surface area (Å²) in [6, 6.07) is 5.99. The van der Waals surface area contributed by atoms with Crippen LogP contribution < -0.4 is 5.32 Å². The minimum atomic E-state index is 0.148. The highest BCUT2D eigenvalue weighted by Crippen LogP contribution is 2.28. The van der Waals surface area contributed by atoms with Crippen molar-refractivity contribution in [2.24, 2.45) is 0 Å². The number of aromatic nitrogens is 4. The number of hydrogen-bond acceptors (Lipinski definition) is 8. The molecule has 7 nitrogen and oxygen atoms in total. The smallest absolute Gasteiger partial charge is 0.228 e. The molecule has 0 aliphatic carbocycles. The van der Waals surface area contributed by atoms with Gasteiger partial charge in [-0.25, -0.2) is 9.97 Å². The monoisotopic (exact) mass is 428 g/mol. The first-order valence-corrected chi connectivity index (χ1v) is 11.6. The number of nitrogens with zero attached hydrogens (tertiary/aromatic N) is 5. The number of thiazole rings is 1. The van der Waals surface area contributed by atoms with E-state index in [4.69, 9.17) is 4.98 Å². The second-order valence-corrected chi connectivity index (χ2v) is 9.27. The van der Waals surface area contributed by atoms with E-state index < -0.39 is 0 Å². The second-order valence-electron chi connectivity index (χ2n) is 7.14. The minimum absolute atomic E-state index is 0.148. The van der Waals surface area contributed by atoms with Crippen molar-refractivity contribution in [1.82, 2.24) is 25.1 Å². The number of piperidine rings is 1. The van der Waals surface area contributed by atoms with Crippen molar-refractivity contribution in [1.29, 1.82) is 0 Å². The number of aryl methyl sites for hydroxylation is 2. The highest BCUT2D eigenvalue weighted by molar-refractivity contribution is 7.15. The van der Waals surface area contributed by atoms with Gasteiger partial charge in [0, 0.05) is 30.1 Å². The Labute approximate surface area is 178 Å². The van der Waals surface area contributed by atoms with Crippen LogP contribution >= 0.6 is 22.7 Å². The number of amides is 1. The van der Waals surface area contributed by atoms with Crippen LogP contribution in [0.3, 0.4) is 0 Å². The molecule has 1 saturated heterocycles. The highest BCUT2D eigenvalue weighted by Gasteiger charge is 2.26. The molecule has 152 valence electrons. The van der Waals surface area contributed by atoms with E-state index in [0.717, 1.165) is 58.2 Å². The number of nitrogens with one attached hydrogen (secondary N) is 1. The van der Waals surface area contributed by atoms with E-state index in [1.54, 1.807) is 22.7 Å². The van der Waals surface area contributed by atoms with Gasteiger partial charge in [0.25, 0.3) is 0 Å². The third kappa shape index (κ3) is 4.97. The van der Waals surface area contributed by atoms with Crippen LogP contribution in [0.4, 0.5) is 10.9 Å². The van der Waals surface area contributed by atoms with Gasteiger partial charge in [0.15, 0.2) is 0 Å². The van der Waals surface area contributed by atoms with Gasteiger partial charge in [-0.15, -0.1) is 21.5 Å². The first kappa shape index (κ1) is 19.9. The Hall–Kier alpha value is -2.39. The molecule has 9 heteroatoms. The molecule has 1 N–H and O–H groups in total. The molecule has 4 heterocycles. The van der Waals surface area contributed by atoms with Gasteiger partial charge >= 0.3 is 0 Å². The van der Waals surface area contributed by atoms with Crippen molar-refractivity contribution in [2.75, 3.05) is 18.4 Å². The summed E-state index contributed by atoms with van der Waals surface area (Å²) >= 11 is 3.13. The zero-order valence-corrected chi connectivity index (χ0v) is 18.2. The molecular formula is C20H24N6OS2. The van der Waals surface area contributed by atoms with E-state index in [1.807, 2.05) is 35.4 Å². The number of pyridine rings is 1. The number of rotatable bonds is 6. The Balaban J connectivity index is 1.41. The summed E-state index contributed by atoms with van der Waals surface area (Å²) in [4.78, 5) is 23.9. The van der Waals surface area contributed by atoms with Crippen molar-refractivity contribution in [2.45, 2.75) is 45.4 Å². The van der Waals surface area contributed by atoms with Crippen molar-refractivity contribution < 1.29 is 4.79 Å². The lowest BCUT2D eigenvalue weighted by Crippen LogP contribution is -2.40. The van der Waals surface area contributed by atoms with Crippen LogP contribution in [0.15, 0.2) is 23.6 Å². The van der Waals surface area contributed by atoms with Gasteiger partial charge in [-0.2, -0.15) is 0 Å². The molecule has 0 spiro atoms. The fourth-order valence-corrected chi connectivity index (χ4v) is 4.81. The number of hydrogen-bond donors (Lipinski definition) is 1. The fraction of sp³-hybridized carbons (Fsp3) is 0.450. The molecular weight excluding hydrogens is 404 g/mol. The first-order valence-electron chi connectivity index (χ1n) is 9.86. The van der Waals surface area contributed by atoms with Gasteiger partial charge in [-0.05, 0) is 38.3 Å². The third-order valence-corrected chi connectivity index (χ3v) is 6.77. The molecule has 0 unspecified atom stereocenters. The third-order valence-electron chi connectivity index (χ3n) is 4.97. The van der Waals surface area contributed by atoms with Crippen LogP contribution in [0.2, 0.25) is 0 Å². The van der Waals surface area contributed by atoms with Crippen LogP contribution in [0.5, 0.6) is 0 Å². The SMILES string of the molecule is CCc1nnc(Nc2cccc([C@@H]3CCCN(C(=O)Cc4csc(C)n4)C3)n2)s1. The van der Waals surface area contributed by atoms with Crippen LogP contribution in [-0.2, 0) is 17.6 Å². The maximum atomic E-state index is 12.7. The average molecular weight is 429 g/mol. The summed E-state index contributed by atoms with van der Waals surface area (Å²) in [7, 11) is 0. The summed E-state index contributed by atoms with van der Waals surface area (Å²) in [6.45, 7) is 5.54. The largest absolute Gasteiger partial charge is 0.342 e. The van der Waals surface area contributed by atoms with Gasteiger partial charge in [-0.1, -0.05) is 24.3 Å². The Morgan fingerprint density at radius 1 is 1.31 bits per heavy atom. The van der Waals surface area contributed by atoms with Gasteiger partial charge in [-0.3, -0.25) is 4.79 Å². The molecule has 3 aromatic rings. The number of likely N-dealkylation sites (tertiary alicyclic amines) is 1. The predicted molar refractivity (Wildman–Crippen MR) is 116 cm³/mol. The lowest BCUT2D eigenvalue weighted by Gasteiger charge is -2.32. The lowest BCUT2D eigenvalue weighted by atomic mass is 9.94. The lowest BCUT2D eigenvalue weighted by molar-refractivity contribution is -0.131. The van der Waals surface area contributed by atoms with Crippen molar-refractivity contribution in [3.05, 3.63) is 45.0 Å². The Bertz CT molecular complexity index is 985. The molecule has 1 amide bonds. The molecule has 1 atom stereocenters. The van der Waals surface area contributed by atoms with E-state index in [2.05, 4.69) is 27.4 Å². The van der Waals surface area contributed by atoms with Gasteiger partial charge < -0.3 is 10.2 Å². The van der Waals surface area contributed by atoms with Crippen LogP contribution in [0, 0.1) is 6.92 Å². The standard InChI is InChI=1S/C20H24N6OS2/c1-3-18-24-25-20(29-18)23-17-8-4-7-16(22-17)14-6-5-9-26(11-14)19(27)10-15-12-28-13(2)21-15/h4,7-8,12,14H,3,5-6,9-11H2,1-2H3,(H,22,23,25)/t14-/m1/s1. The topological polar surface area (TPSA) is 83.9 Å². The van der Waals surface area contributed by atoms with E-state index in [9.17, 15) is 4.79 Å². The van der Waals surface area contributed by atoms with E-state index >= 15 is 0 Å². The molecule has 1 aliphatic rings. The predicted octanol–water partition coefficient (Wildman–Crippen LogP) is 3.95. The minimum Gasteiger partial charge on any atom is -0.342 e. The van der Waals surface area contributed by atoms with Gasteiger partial charge in [0.1, 0.15) is 10.8 Å². The summed E-state index contributed by atoms with van der Waals surface area (Å²) in [6.07, 6.45) is 3.28. The Morgan fingerprint density at radius 3 is 2.97 bits per heavy atom. The summed E-state index contributed by atoms with van der Waals surface area (Å²) in [5.74, 6) is 1.16. The van der Waals surface area contributed by atoms with E-state index in [1.165, 1.54) is 0 Å². The van der Waals surface area contributed by atoms with Gasteiger partial charge in [0.05, 0.1) is 17.1 Å². The molecule has 0 bridgehead atoms. The van der Waals surface area contributed by atoms with Crippen molar-refractivity contribution in [3.63, 3.8) is 0 Å². The quantitative estimate of drug-likeness (QED) is 0.640. The van der Waals surface area contributed by atoms with E-state index in [0.29, 0.717) is 13.0 Å². The molecule has 0 radical (unpaired) electrons. The summed E-state index contributed by atoms with van der Waals surface area (Å²) in [5, 5.41) is 16.3. The van der Waals surface area contributed by atoms with E-state index in [-0.39, 0.29) is 11.8 Å². The zero-order valence-electron chi connectivity index (χ0n) is 16.6. The normalized spacial score (nSPS) is 16.8. The molecule has 1 fully saturated rings. The molecule has 0 saturated carbocycles. The molecule has 0 aromatic carbocycles. The molecule has 4 rings (SSSR count). The summed E-state index contributed by atoms with van der Waals surface area (Å²) < 4.78 is 0. The zero-order chi connectivity index (χ0) is 20.2. The maximum absolute atomic E-state index is 12.7. The number of anilines is 2. The number of carbonyl (C=O) groups is 1. The van der Waals surface area contributed by atoms with Crippen molar-refractivity contribution in [3.8, 4) is 0 Å². The highest BCUT2D eigenvalue weighted by atomic mass is 32.1. The molecule has 3 aromatic heterocycles. The second kappa shape index (κ2) is 8.96.